The van der Waals surface area contributed by atoms with Crippen LogP contribution in [0.15, 0.2) is 34.2 Å². The van der Waals surface area contributed by atoms with E-state index in [1.165, 1.54) is 11.8 Å². The van der Waals surface area contributed by atoms with Gasteiger partial charge in [-0.2, -0.15) is 0 Å². The first-order chi connectivity index (χ1) is 15.3. The third-order valence-electron chi connectivity index (χ3n) is 5.85. The summed E-state index contributed by atoms with van der Waals surface area (Å²) in [4.78, 5) is 36.9. The molecule has 0 radical (unpaired) electrons. The monoisotopic (exact) mass is 490 g/mol. The van der Waals surface area contributed by atoms with Gasteiger partial charge in [0.1, 0.15) is 4.83 Å². The van der Waals surface area contributed by atoms with E-state index in [-0.39, 0.29) is 23.3 Å². The van der Waals surface area contributed by atoms with Crippen LogP contribution in [-0.2, 0) is 4.79 Å². The van der Waals surface area contributed by atoms with Crippen LogP contribution in [0.25, 0.3) is 10.2 Å². The lowest BCUT2D eigenvalue weighted by Crippen LogP contribution is -2.49. The lowest BCUT2D eigenvalue weighted by Gasteiger charge is -2.36. The average Bonchev–Trinajstić information content (AvgIpc) is 3.05. The van der Waals surface area contributed by atoms with Crippen LogP contribution in [0.3, 0.4) is 0 Å². The molecule has 0 unspecified atom stereocenters. The molecule has 1 fully saturated rings. The number of carbonyl (C=O) groups is 1. The molecule has 0 aliphatic carbocycles. The minimum Gasteiger partial charge on any atom is -0.368 e. The Morgan fingerprint density at radius 2 is 1.94 bits per heavy atom. The van der Waals surface area contributed by atoms with E-state index in [1.807, 2.05) is 56.9 Å². The first-order valence-corrected chi connectivity index (χ1v) is 12.9. The van der Waals surface area contributed by atoms with Crippen LogP contribution in [0.2, 0.25) is 5.02 Å². The van der Waals surface area contributed by atoms with Crippen molar-refractivity contribution in [2.24, 2.45) is 0 Å². The Morgan fingerprint density at radius 1 is 1.22 bits per heavy atom. The molecule has 4 rings (SSSR count). The van der Waals surface area contributed by atoms with E-state index in [2.05, 4.69) is 4.90 Å². The summed E-state index contributed by atoms with van der Waals surface area (Å²) in [6.07, 6.45) is 0. The van der Waals surface area contributed by atoms with Gasteiger partial charge in [0.15, 0.2) is 5.16 Å². The lowest BCUT2D eigenvalue weighted by atomic mass is 10.2. The minimum absolute atomic E-state index is 0.0167. The number of aryl methyl sites for hydroxylation is 2. The van der Waals surface area contributed by atoms with Gasteiger partial charge in [-0.3, -0.25) is 14.2 Å². The number of piperazine rings is 1. The van der Waals surface area contributed by atoms with Crippen LogP contribution < -0.4 is 10.5 Å². The number of thiophene rings is 1. The highest BCUT2D eigenvalue weighted by molar-refractivity contribution is 7.99. The van der Waals surface area contributed by atoms with Gasteiger partial charge in [0.2, 0.25) is 5.91 Å². The third-order valence-corrected chi connectivity index (χ3v) is 8.12. The van der Waals surface area contributed by atoms with E-state index in [0.29, 0.717) is 28.7 Å². The molecule has 0 N–H and O–H groups in total. The molecule has 1 saturated heterocycles. The van der Waals surface area contributed by atoms with Gasteiger partial charge in [0.25, 0.3) is 5.56 Å². The van der Waals surface area contributed by atoms with E-state index in [1.54, 1.807) is 15.9 Å². The molecule has 2 aromatic heterocycles. The Labute approximate surface area is 201 Å². The summed E-state index contributed by atoms with van der Waals surface area (Å²) in [5.41, 5.74) is 2.07. The molecule has 170 valence electrons. The molecule has 1 amide bonds. The maximum Gasteiger partial charge on any atom is 0.263 e. The molecule has 0 atom stereocenters. The topological polar surface area (TPSA) is 58.4 Å². The van der Waals surface area contributed by atoms with Crippen LogP contribution in [0.1, 0.15) is 30.3 Å². The SMILES string of the molecule is Cc1sc2nc(SCC(=O)N3CCN(c4cccc(Cl)c4)CC3)n(C(C)C)c(=O)c2c1C. The molecule has 0 saturated carbocycles. The normalized spacial score (nSPS) is 14.6. The van der Waals surface area contributed by atoms with Crippen LogP contribution in [-0.4, -0.2) is 52.3 Å². The predicted octanol–water partition coefficient (Wildman–Crippen LogP) is 4.75. The summed E-state index contributed by atoms with van der Waals surface area (Å²) in [5, 5.41) is 2.04. The van der Waals surface area contributed by atoms with Gasteiger partial charge in [-0.15, -0.1) is 11.3 Å². The summed E-state index contributed by atoms with van der Waals surface area (Å²) in [5.74, 6) is 0.342. The lowest BCUT2D eigenvalue weighted by molar-refractivity contribution is -0.128. The number of rotatable bonds is 5. The molecule has 3 aromatic rings. The Balaban J connectivity index is 1.45. The highest BCUT2D eigenvalue weighted by Crippen LogP contribution is 2.29. The van der Waals surface area contributed by atoms with Gasteiger partial charge in [0.05, 0.1) is 11.1 Å². The molecule has 1 aliphatic rings. The number of hydrogen-bond donors (Lipinski definition) is 0. The number of fused-ring (bicyclic) bond motifs is 1. The van der Waals surface area contributed by atoms with Crippen molar-refractivity contribution in [1.82, 2.24) is 14.5 Å². The van der Waals surface area contributed by atoms with E-state index < -0.39 is 0 Å². The zero-order valence-corrected chi connectivity index (χ0v) is 21.1. The number of anilines is 1. The Kier molecular flexibility index (Phi) is 6.83. The van der Waals surface area contributed by atoms with Crippen LogP contribution >= 0.6 is 34.7 Å². The van der Waals surface area contributed by atoms with Gasteiger partial charge in [0, 0.05) is 47.8 Å². The fourth-order valence-electron chi connectivity index (χ4n) is 3.95. The largest absolute Gasteiger partial charge is 0.368 e. The Bertz CT molecular complexity index is 1210. The summed E-state index contributed by atoms with van der Waals surface area (Å²) >= 11 is 9.01. The molecule has 0 spiro atoms. The highest BCUT2D eigenvalue weighted by Gasteiger charge is 2.23. The molecule has 9 heteroatoms. The van der Waals surface area contributed by atoms with Crippen molar-refractivity contribution >= 4 is 56.5 Å². The van der Waals surface area contributed by atoms with Gasteiger partial charge in [-0.25, -0.2) is 4.98 Å². The molecule has 32 heavy (non-hydrogen) atoms. The zero-order chi connectivity index (χ0) is 23.0. The van der Waals surface area contributed by atoms with Crippen molar-refractivity contribution in [3.63, 3.8) is 0 Å². The maximum atomic E-state index is 13.2. The van der Waals surface area contributed by atoms with Crippen molar-refractivity contribution in [3.05, 3.63) is 50.1 Å². The Hall–Kier alpha value is -2.03. The number of nitrogens with zero attached hydrogens (tertiary/aromatic N) is 4. The molecule has 3 heterocycles. The van der Waals surface area contributed by atoms with E-state index in [0.717, 1.165) is 34.0 Å². The fraction of sp³-hybridized carbons (Fsp3) is 0.435. The first kappa shape index (κ1) is 23.1. The number of carbonyl (C=O) groups excluding carboxylic acids is 1. The van der Waals surface area contributed by atoms with Crippen LogP contribution in [0, 0.1) is 13.8 Å². The number of hydrogen-bond acceptors (Lipinski definition) is 6. The number of thioether (sulfide) groups is 1. The van der Waals surface area contributed by atoms with Crippen molar-refractivity contribution < 1.29 is 4.79 Å². The fourth-order valence-corrected chi connectivity index (χ4v) is 6.24. The summed E-state index contributed by atoms with van der Waals surface area (Å²) in [6, 6.07) is 7.78. The second kappa shape index (κ2) is 9.45. The van der Waals surface area contributed by atoms with Crippen LogP contribution in [0.4, 0.5) is 5.69 Å². The van der Waals surface area contributed by atoms with Gasteiger partial charge < -0.3 is 9.80 Å². The number of aromatic nitrogens is 2. The van der Waals surface area contributed by atoms with Gasteiger partial charge in [-0.1, -0.05) is 29.4 Å². The highest BCUT2D eigenvalue weighted by atomic mass is 35.5. The van der Waals surface area contributed by atoms with Crippen molar-refractivity contribution in [1.29, 1.82) is 0 Å². The molecule has 0 bridgehead atoms. The zero-order valence-electron chi connectivity index (χ0n) is 18.7. The predicted molar refractivity (Wildman–Crippen MR) is 135 cm³/mol. The summed E-state index contributed by atoms with van der Waals surface area (Å²) in [6.45, 7) is 10.8. The standard InChI is InChI=1S/C23H27ClN4O2S2/c1-14(2)28-22(30)20-15(3)16(4)32-21(20)25-23(28)31-13-19(29)27-10-8-26(9-11-27)18-7-5-6-17(24)12-18/h5-7,12,14H,8-11,13H2,1-4H3. The third kappa shape index (κ3) is 4.54. The number of benzene rings is 1. The van der Waals surface area contributed by atoms with Crippen molar-refractivity contribution in [2.45, 2.75) is 38.9 Å². The molecular weight excluding hydrogens is 464 g/mol. The van der Waals surface area contributed by atoms with E-state index in [9.17, 15) is 9.59 Å². The molecule has 1 aliphatic heterocycles. The summed E-state index contributed by atoms with van der Waals surface area (Å²) in [7, 11) is 0. The smallest absolute Gasteiger partial charge is 0.263 e. The van der Waals surface area contributed by atoms with Crippen molar-refractivity contribution in [2.75, 3.05) is 36.8 Å². The molecular formula is C23H27ClN4O2S2. The molecule has 6 nitrogen and oxygen atoms in total. The maximum absolute atomic E-state index is 13.2. The quantitative estimate of drug-likeness (QED) is 0.381. The first-order valence-electron chi connectivity index (χ1n) is 10.7. The van der Waals surface area contributed by atoms with Crippen molar-refractivity contribution in [3.8, 4) is 0 Å². The molecule has 1 aromatic carbocycles. The van der Waals surface area contributed by atoms with Crippen LogP contribution in [0.5, 0.6) is 0 Å². The van der Waals surface area contributed by atoms with E-state index >= 15 is 0 Å². The number of halogens is 1. The van der Waals surface area contributed by atoms with Gasteiger partial charge >= 0.3 is 0 Å². The number of amides is 1. The Morgan fingerprint density at radius 3 is 2.59 bits per heavy atom. The second-order valence-corrected chi connectivity index (χ2v) is 10.8. The minimum atomic E-state index is -0.0298. The van der Waals surface area contributed by atoms with Gasteiger partial charge in [-0.05, 0) is 51.5 Å². The summed E-state index contributed by atoms with van der Waals surface area (Å²) < 4.78 is 1.72. The van der Waals surface area contributed by atoms with E-state index in [4.69, 9.17) is 16.6 Å². The average molecular weight is 491 g/mol. The second-order valence-electron chi connectivity index (χ2n) is 8.26.